The number of carbonyl (C=O) groups excluding carboxylic acids is 1. The number of hydrogen-bond acceptors (Lipinski definition) is 5. The fourth-order valence-corrected chi connectivity index (χ4v) is 2.86. The van der Waals surface area contributed by atoms with E-state index in [0.717, 1.165) is 5.56 Å². The highest BCUT2D eigenvalue weighted by atomic mass is 16.5. The van der Waals surface area contributed by atoms with Crippen LogP contribution in [-0.2, 0) is 22.5 Å². The Morgan fingerprint density at radius 2 is 2.11 bits per heavy atom. The lowest BCUT2D eigenvalue weighted by Gasteiger charge is -2.33. The first kappa shape index (κ1) is 18.7. The molecule has 0 radical (unpaired) electrons. The number of aromatic nitrogens is 1. The van der Waals surface area contributed by atoms with Crippen LogP contribution >= 0.6 is 0 Å². The molecule has 0 aliphatic carbocycles. The van der Waals surface area contributed by atoms with Crippen LogP contribution in [-0.4, -0.2) is 53.0 Å². The van der Waals surface area contributed by atoms with Gasteiger partial charge in [0.15, 0.2) is 0 Å². The molecule has 0 saturated carbocycles. The number of pyridine rings is 1. The van der Waals surface area contributed by atoms with Crippen molar-refractivity contribution in [2.45, 2.75) is 19.1 Å². The first-order valence-corrected chi connectivity index (χ1v) is 8.62. The minimum atomic E-state index is -0.970. The molecule has 0 bridgehead atoms. The van der Waals surface area contributed by atoms with Gasteiger partial charge in [0.05, 0.1) is 19.3 Å². The maximum atomic E-state index is 12.0. The zero-order chi connectivity index (χ0) is 19.1. The molecule has 0 unspecified atom stereocenters. The van der Waals surface area contributed by atoms with E-state index in [1.165, 1.54) is 4.90 Å². The van der Waals surface area contributed by atoms with Crippen LogP contribution < -0.4 is 5.32 Å². The molecule has 3 rings (SSSR count). The zero-order valence-electron chi connectivity index (χ0n) is 14.7. The summed E-state index contributed by atoms with van der Waals surface area (Å²) in [5.41, 5.74) is 2.10. The minimum Gasteiger partial charge on any atom is -0.465 e. The van der Waals surface area contributed by atoms with Crippen LogP contribution in [0.25, 0.3) is 0 Å². The standard InChI is InChI=1S/C19H21N3O5/c23-18(27-12-14-4-2-1-3-5-14)21-15-6-7-20-16(10-15)11-17-13-26-9-8-22(17)19(24)25/h1-7,10,17H,8-9,11-13H2,(H,24,25)(H,20,21,23)/t17-/m0/s1. The van der Waals surface area contributed by atoms with E-state index in [4.69, 9.17) is 9.47 Å². The second-order valence-corrected chi connectivity index (χ2v) is 6.13. The second-order valence-electron chi connectivity index (χ2n) is 6.13. The summed E-state index contributed by atoms with van der Waals surface area (Å²) in [5, 5.41) is 12.0. The molecule has 1 aromatic heterocycles. The molecule has 2 amide bonds. The van der Waals surface area contributed by atoms with E-state index in [9.17, 15) is 14.7 Å². The summed E-state index contributed by atoms with van der Waals surface area (Å²) in [4.78, 5) is 28.9. The van der Waals surface area contributed by atoms with Crippen molar-refractivity contribution in [3.8, 4) is 0 Å². The van der Waals surface area contributed by atoms with E-state index >= 15 is 0 Å². The van der Waals surface area contributed by atoms with Gasteiger partial charge < -0.3 is 19.5 Å². The third-order valence-corrected chi connectivity index (χ3v) is 4.19. The maximum Gasteiger partial charge on any atom is 0.411 e. The number of ether oxygens (including phenoxy) is 2. The van der Waals surface area contributed by atoms with Gasteiger partial charge in [0.25, 0.3) is 0 Å². The Kier molecular flexibility index (Phi) is 6.22. The van der Waals surface area contributed by atoms with E-state index in [1.807, 2.05) is 30.3 Å². The molecule has 27 heavy (non-hydrogen) atoms. The molecule has 1 aromatic carbocycles. The SMILES string of the molecule is O=C(Nc1ccnc(C[C@H]2COCCN2C(=O)O)c1)OCc1ccccc1. The van der Waals surface area contributed by atoms with Crippen LogP contribution in [0.2, 0.25) is 0 Å². The van der Waals surface area contributed by atoms with Crippen LogP contribution in [0.15, 0.2) is 48.7 Å². The fraction of sp³-hybridized carbons (Fsp3) is 0.316. The van der Waals surface area contributed by atoms with Crippen molar-refractivity contribution < 1.29 is 24.2 Å². The number of anilines is 1. The van der Waals surface area contributed by atoms with Crippen LogP contribution in [0.5, 0.6) is 0 Å². The Hall–Kier alpha value is -3.13. The highest BCUT2D eigenvalue weighted by molar-refractivity contribution is 5.84. The summed E-state index contributed by atoms with van der Waals surface area (Å²) < 4.78 is 10.6. The molecule has 1 saturated heterocycles. The average Bonchev–Trinajstić information content (AvgIpc) is 2.68. The van der Waals surface area contributed by atoms with Crippen molar-refractivity contribution >= 4 is 17.9 Å². The lowest BCUT2D eigenvalue weighted by atomic mass is 10.1. The van der Waals surface area contributed by atoms with Crippen LogP contribution in [0.4, 0.5) is 15.3 Å². The van der Waals surface area contributed by atoms with Gasteiger partial charge in [-0.05, 0) is 17.7 Å². The molecule has 8 heteroatoms. The molecule has 1 aliphatic rings. The van der Waals surface area contributed by atoms with Crippen molar-refractivity contribution in [1.82, 2.24) is 9.88 Å². The third-order valence-electron chi connectivity index (χ3n) is 4.19. The van der Waals surface area contributed by atoms with Gasteiger partial charge in [-0.1, -0.05) is 30.3 Å². The highest BCUT2D eigenvalue weighted by Crippen LogP contribution is 2.15. The first-order valence-electron chi connectivity index (χ1n) is 8.62. The average molecular weight is 371 g/mol. The second kappa shape index (κ2) is 9.00. The van der Waals surface area contributed by atoms with Gasteiger partial charge in [-0.2, -0.15) is 0 Å². The monoisotopic (exact) mass is 371 g/mol. The van der Waals surface area contributed by atoms with E-state index in [-0.39, 0.29) is 12.6 Å². The van der Waals surface area contributed by atoms with Gasteiger partial charge in [-0.15, -0.1) is 0 Å². The smallest absolute Gasteiger partial charge is 0.411 e. The summed E-state index contributed by atoms with van der Waals surface area (Å²) in [5.74, 6) is 0. The Labute approximate surface area is 156 Å². The largest absolute Gasteiger partial charge is 0.465 e. The molecule has 1 fully saturated rings. The van der Waals surface area contributed by atoms with E-state index in [0.29, 0.717) is 37.6 Å². The molecule has 2 heterocycles. The molecule has 8 nitrogen and oxygen atoms in total. The van der Waals surface area contributed by atoms with E-state index in [1.54, 1.807) is 18.3 Å². The van der Waals surface area contributed by atoms with Crippen molar-refractivity contribution in [1.29, 1.82) is 0 Å². The van der Waals surface area contributed by atoms with Crippen molar-refractivity contribution in [2.24, 2.45) is 0 Å². The number of hydrogen-bond donors (Lipinski definition) is 2. The Bertz CT molecular complexity index is 784. The molecule has 142 valence electrons. The van der Waals surface area contributed by atoms with Crippen molar-refractivity contribution in [2.75, 3.05) is 25.1 Å². The summed E-state index contributed by atoms with van der Waals surface area (Å²) in [7, 11) is 0. The number of morpholine rings is 1. The minimum absolute atomic E-state index is 0.178. The summed E-state index contributed by atoms with van der Waals surface area (Å²) in [6.45, 7) is 1.23. The normalized spacial score (nSPS) is 16.6. The van der Waals surface area contributed by atoms with Crippen LogP contribution in [0.3, 0.4) is 0 Å². The number of carboxylic acid groups (broad SMARTS) is 1. The number of benzene rings is 1. The topological polar surface area (TPSA) is 101 Å². The molecule has 0 spiro atoms. The van der Waals surface area contributed by atoms with Gasteiger partial charge in [0.1, 0.15) is 6.61 Å². The zero-order valence-corrected chi connectivity index (χ0v) is 14.7. The van der Waals surface area contributed by atoms with Gasteiger partial charge in [-0.25, -0.2) is 9.59 Å². The van der Waals surface area contributed by atoms with Crippen molar-refractivity contribution in [3.63, 3.8) is 0 Å². The molecule has 2 N–H and O–H groups in total. The summed E-state index contributed by atoms with van der Waals surface area (Å²) in [6, 6.07) is 12.4. The third kappa shape index (κ3) is 5.42. The lowest BCUT2D eigenvalue weighted by molar-refractivity contribution is 0.00000816. The number of nitrogens with zero attached hydrogens (tertiary/aromatic N) is 2. The molecule has 2 aromatic rings. The Morgan fingerprint density at radius 3 is 2.89 bits per heavy atom. The Balaban J connectivity index is 1.56. The lowest BCUT2D eigenvalue weighted by Crippen LogP contribution is -2.49. The number of rotatable bonds is 5. The van der Waals surface area contributed by atoms with Gasteiger partial charge >= 0.3 is 12.2 Å². The predicted octanol–water partition coefficient (Wildman–Crippen LogP) is 2.75. The fourth-order valence-electron chi connectivity index (χ4n) is 2.86. The van der Waals surface area contributed by atoms with Gasteiger partial charge in [-0.3, -0.25) is 10.3 Å². The molecular formula is C19H21N3O5. The first-order chi connectivity index (χ1) is 13.1. The quantitative estimate of drug-likeness (QED) is 0.838. The van der Waals surface area contributed by atoms with Gasteiger partial charge in [0.2, 0.25) is 0 Å². The molecule has 1 aliphatic heterocycles. The van der Waals surface area contributed by atoms with E-state index in [2.05, 4.69) is 10.3 Å². The number of carbonyl (C=O) groups is 2. The predicted molar refractivity (Wildman–Crippen MR) is 97.5 cm³/mol. The Morgan fingerprint density at radius 1 is 1.30 bits per heavy atom. The summed E-state index contributed by atoms with van der Waals surface area (Å²) >= 11 is 0. The number of nitrogens with one attached hydrogen (secondary N) is 1. The maximum absolute atomic E-state index is 12.0. The van der Waals surface area contributed by atoms with Gasteiger partial charge in [0, 0.05) is 30.5 Å². The molecule has 1 atom stereocenters. The van der Waals surface area contributed by atoms with Crippen LogP contribution in [0.1, 0.15) is 11.3 Å². The van der Waals surface area contributed by atoms with Crippen LogP contribution in [0, 0.1) is 0 Å². The summed E-state index contributed by atoms with van der Waals surface area (Å²) in [6.07, 6.45) is 0.434. The molecular weight excluding hydrogens is 350 g/mol. The highest BCUT2D eigenvalue weighted by Gasteiger charge is 2.27. The van der Waals surface area contributed by atoms with E-state index < -0.39 is 12.2 Å². The van der Waals surface area contributed by atoms with Crippen molar-refractivity contribution in [3.05, 3.63) is 59.9 Å². The number of amides is 2.